The van der Waals surface area contributed by atoms with E-state index in [2.05, 4.69) is 0 Å². The van der Waals surface area contributed by atoms with Crippen molar-refractivity contribution in [1.29, 1.82) is 0 Å². The van der Waals surface area contributed by atoms with Gasteiger partial charge >= 0.3 is 5.97 Å². The maximum atomic E-state index is 14.1. The Labute approximate surface area is 269 Å². The summed E-state index contributed by atoms with van der Waals surface area (Å²) in [6.45, 7) is 3.93. The quantitative estimate of drug-likeness (QED) is 0.425. The van der Waals surface area contributed by atoms with E-state index in [9.17, 15) is 38.7 Å². The van der Waals surface area contributed by atoms with Crippen molar-refractivity contribution < 1.29 is 38.7 Å². The lowest BCUT2D eigenvalue weighted by atomic mass is 10.1. The fraction of sp³-hybridized carbons (Fsp3) is 0.781. The average Bonchev–Trinajstić information content (AvgIpc) is 3.90. The summed E-state index contributed by atoms with van der Waals surface area (Å²) in [5.74, 6) is -2.53. The van der Waals surface area contributed by atoms with Crippen molar-refractivity contribution in [3.05, 3.63) is 0 Å². The summed E-state index contributed by atoms with van der Waals surface area (Å²) in [4.78, 5) is 102. The van der Waals surface area contributed by atoms with E-state index in [-0.39, 0.29) is 35.4 Å². The molecule has 0 aromatic carbocycles. The standard InChI is InChI=1S/C32H46N6O8/c1-20(39)33-14-2-8-21(33)27(40)34-15-3-9-22(34)28(41)35-16-4-10-23(35)29(42)36-17-5-11-24(36)30(43)37-18-6-12-25(37)31(44)38-19-7-13-26(38)32(45)46/h21-26H,2-19H2,1H3,(H,45,46)/t21?,22-,23?,24-,25?,26-/m0/s1. The first-order valence-electron chi connectivity index (χ1n) is 17.1. The normalized spacial score (nSPS) is 31.3. The van der Waals surface area contributed by atoms with Crippen molar-refractivity contribution in [3.8, 4) is 0 Å². The van der Waals surface area contributed by atoms with Gasteiger partial charge in [-0.3, -0.25) is 28.8 Å². The smallest absolute Gasteiger partial charge is 0.326 e. The number of hydrogen-bond donors (Lipinski definition) is 1. The van der Waals surface area contributed by atoms with Crippen molar-refractivity contribution in [1.82, 2.24) is 29.4 Å². The van der Waals surface area contributed by atoms with Crippen molar-refractivity contribution in [2.75, 3.05) is 39.3 Å². The van der Waals surface area contributed by atoms with E-state index in [0.29, 0.717) is 110 Å². The van der Waals surface area contributed by atoms with E-state index in [1.54, 1.807) is 24.5 Å². The van der Waals surface area contributed by atoms with Crippen LogP contribution in [0.15, 0.2) is 0 Å². The van der Waals surface area contributed by atoms with Crippen LogP contribution >= 0.6 is 0 Å². The third-order valence-corrected chi connectivity index (χ3v) is 11.0. The molecule has 6 heterocycles. The number of hydrogen-bond acceptors (Lipinski definition) is 7. The number of carbonyl (C=O) groups is 7. The Bertz CT molecular complexity index is 1200. The molecule has 46 heavy (non-hydrogen) atoms. The van der Waals surface area contributed by atoms with Gasteiger partial charge in [0.2, 0.25) is 35.4 Å². The molecule has 3 unspecified atom stereocenters. The van der Waals surface area contributed by atoms with Gasteiger partial charge in [0.15, 0.2) is 0 Å². The number of aliphatic carboxylic acids is 1. The van der Waals surface area contributed by atoms with Crippen molar-refractivity contribution >= 4 is 41.4 Å². The molecule has 14 nitrogen and oxygen atoms in total. The van der Waals surface area contributed by atoms with Gasteiger partial charge in [0.25, 0.3) is 0 Å². The molecular weight excluding hydrogens is 596 g/mol. The first kappa shape index (κ1) is 32.2. The number of rotatable bonds is 6. The van der Waals surface area contributed by atoms with E-state index in [0.717, 1.165) is 6.42 Å². The molecule has 252 valence electrons. The van der Waals surface area contributed by atoms with E-state index < -0.39 is 42.2 Å². The number of amides is 6. The van der Waals surface area contributed by atoms with Crippen LogP contribution < -0.4 is 0 Å². The van der Waals surface area contributed by atoms with Gasteiger partial charge in [-0.05, 0) is 77.0 Å². The fourth-order valence-corrected chi connectivity index (χ4v) is 8.79. The Kier molecular flexibility index (Phi) is 9.24. The van der Waals surface area contributed by atoms with Crippen LogP contribution in [-0.4, -0.2) is 151 Å². The zero-order valence-electron chi connectivity index (χ0n) is 26.7. The minimum Gasteiger partial charge on any atom is -0.480 e. The molecule has 14 heteroatoms. The van der Waals surface area contributed by atoms with Crippen LogP contribution in [0.2, 0.25) is 0 Å². The molecular formula is C32H46N6O8. The average molecular weight is 643 g/mol. The SMILES string of the molecule is CC(=O)N1CCCC1C(=O)N1CCC[C@H]1C(=O)N1CCCC1C(=O)N1CCC[C@H]1C(=O)N1CCCC1C(=O)N1CCC[C@H]1C(=O)O. The summed E-state index contributed by atoms with van der Waals surface area (Å²) in [6, 6.07) is -4.31. The van der Waals surface area contributed by atoms with Gasteiger partial charge in [0.05, 0.1) is 0 Å². The van der Waals surface area contributed by atoms with Crippen molar-refractivity contribution in [3.63, 3.8) is 0 Å². The van der Waals surface area contributed by atoms with Crippen LogP contribution in [0.3, 0.4) is 0 Å². The van der Waals surface area contributed by atoms with E-state index >= 15 is 0 Å². The van der Waals surface area contributed by atoms with E-state index in [1.165, 1.54) is 11.8 Å². The summed E-state index contributed by atoms with van der Waals surface area (Å²) in [5.41, 5.74) is 0. The van der Waals surface area contributed by atoms with Gasteiger partial charge in [-0.2, -0.15) is 0 Å². The Morgan fingerprint density at radius 1 is 0.391 bits per heavy atom. The second-order valence-corrected chi connectivity index (χ2v) is 13.7. The monoisotopic (exact) mass is 642 g/mol. The minimum absolute atomic E-state index is 0.150. The molecule has 6 rings (SSSR count). The van der Waals surface area contributed by atoms with Crippen molar-refractivity contribution in [2.45, 2.75) is 120 Å². The summed E-state index contributed by atoms with van der Waals surface area (Å²) in [6.07, 6.45) is 6.78. The molecule has 6 fully saturated rings. The molecule has 0 aliphatic carbocycles. The fourth-order valence-electron chi connectivity index (χ4n) is 8.79. The lowest BCUT2D eigenvalue weighted by Crippen LogP contribution is -2.58. The second kappa shape index (κ2) is 13.2. The van der Waals surface area contributed by atoms with E-state index in [1.807, 2.05) is 0 Å². The first-order valence-corrected chi connectivity index (χ1v) is 17.1. The largest absolute Gasteiger partial charge is 0.480 e. The molecule has 6 aliphatic rings. The first-order chi connectivity index (χ1) is 22.1. The third-order valence-electron chi connectivity index (χ3n) is 11.0. The van der Waals surface area contributed by atoms with Crippen LogP contribution in [-0.2, 0) is 33.6 Å². The van der Waals surface area contributed by atoms with Gasteiger partial charge in [-0.25, -0.2) is 4.79 Å². The van der Waals surface area contributed by atoms with Gasteiger partial charge in [0.1, 0.15) is 36.3 Å². The van der Waals surface area contributed by atoms with Crippen LogP contribution in [0, 0.1) is 0 Å². The number of likely N-dealkylation sites (tertiary alicyclic amines) is 6. The molecule has 1 N–H and O–H groups in total. The molecule has 0 saturated carbocycles. The molecule has 0 bridgehead atoms. The Morgan fingerprint density at radius 3 is 0.870 bits per heavy atom. The zero-order valence-corrected chi connectivity index (χ0v) is 26.7. The van der Waals surface area contributed by atoms with E-state index in [4.69, 9.17) is 0 Å². The van der Waals surface area contributed by atoms with Crippen LogP contribution in [0.4, 0.5) is 0 Å². The van der Waals surface area contributed by atoms with Crippen LogP contribution in [0.5, 0.6) is 0 Å². The maximum Gasteiger partial charge on any atom is 0.326 e. The molecule has 6 amide bonds. The van der Waals surface area contributed by atoms with Gasteiger partial charge in [-0.1, -0.05) is 0 Å². The van der Waals surface area contributed by atoms with Crippen LogP contribution in [0.1, 0.15) is 84.0 Å². The predicted molar refractivity (Wildman–Crippen MR) is 162 cm³/mol. The highest BCUT2D eigenvalue weighted by Crippen LogP contribution is 2.32. The Hall–Kier alpha value is -3.71. The lowest BCUT2D eigenvalue weighted by Gasteiger charge is -2.36. The Morgan fingerprint density at radius 2 is 0.609 bits per heavy atom. The summed E-state index contributed by atoms with van der Waals surface area (Å²) < 4.78 is 0. The molecule has 6 aliphatic heterocycles. The highest BCUT2D eigenvalue weighted by Gasteiger charge is 2.49. The van der Waals surface area contributed by atoms with Gasteiger partial charge in [0, 0.05) is 46.2 Å². The topological polar surface area (TPSA) is 159 Å². The Balaban J connectivity index is 1.13. The number of carbonyl (C=O) groups excluding carboxylic acids is 6. The summed E-state index contributed by atoms with van der Waals surface area (Å²) in [7, 11) is 0. The highest BCUT2D eigenvalue weighted by atomic mass is 16.4. The van der Waals surface area contributed by atoms with Gasteiger partial charge in [-0.15, -0.1) is 0 Å². The molecule has 0 aromatic heterocycles. The third kappa shape index (κ3) is 5.72. The number of nitrogens with zero attached hydrogens (tertiary/aromatic N) is 6. The zero-order chi connectivity index (χ0) is 32.7. The highest BCUT2D eigenvalue weighted by molar-refractivity contribution is 5.98. The number of carboxylic acid groups (broad SMARTS) is 1. The van der Waals surface area contributed by atoms with Gasteiger partial charge < -0.3 is 34.5 Å². The second-order valence-electron chi connectivity index (χ2n) is 13.7. The van der Waals surface area contributed by atoms with Crippen molar-refractivity contribution in [2.24, 2.45) is 0 Å². The predicted octanol–water partition coefficient (Wildman–Crippen LogP) is 0.0369. The molecule has 0 spiro atoms. The number of carboxylic acids is 1. The van der Waals surface area contributed by atoms with Crippen LogP contribution in [0.25, 0.3) is 0 Å². The minimum atomic E-state index is -1.04. The summed E-state index contributed by atoms with van der Waals surface area (Å²) in [5, 5.41) is 9.59. The maximum absolute atomic E-state index is 14.1. The molecule has 6 saturated heterocycles. The molecule has 0 radical (unpaired) electrons. The summed E-state index contributed by atoms with van der Waals surface area (Å²) >= 11 is 0. The molecule has 0 aromatic rings. The molecule has 6 atom stereocenters. The lowest BCUT2D eigenvalue weighted by molar-refractivity contribution is -0.155.